The van der Waals surface area contributed by atoms with Crippen molar-refractivity contribution in [3.05, 3.63) is 63.2 Å². The molecule has 2 aromatic heterocycles. The molecule has 1 aromatic carbocycles. The van der Waals surface area contributed by atoms with Gasteiger partial charge in [0.25, 0.3) is 11.5 Å². The molecule has 174 valence electrons. The molecule has 0 aliphatic carbocycles. The molecule has 0 atom stereocenters. The Hall–Kier alpha value is -3.35. The molecule has 2 N–H and O–H groups in total. The minimum Gasteiger partial charge on any atom is -0.379 e. The summed E-state index contributed by atoms with van der Waals surface area (Å²) in [6, 6.07) is 7.36. The summed E-state index contributed by atoms with van der Waals surface area (Å²) >= 11 is 0. The number of morpholine rings is 1. The van der Waals surface area contributed by atoms with Crippen LogP contribution in [-0.2, 0) is 14.8 Å². The van der Waals surface area contributed by atoms with Gasteiger partial charge in [-0.15, -0.1) is 0 Å². The fourth-order valence-electron chi connectivity index (χ4n) is 3.38. The van der Waals surface area contributed by atoms with E-state index in [1.807, 2.05) is 0 Å². The molecule has 0 bridgehead atoms. The number of rotatable bonds is 5. The van der Waals surface area contributed by atoms with Gasteiger partial charge < -0.3 is 10.1 Å². The number of aryl methyl sites for hydroxylation is 2. The number of carbonyl (C=O) groups is 1. The van der Waals surface area contributed by atoms with Crippen LogP contribution in [-0.4, -0.2) is 64.7 Å². The molecule has 1 amide bonds. The molecule has 4 rings (SSSR count). The van der Waals surface area contributed by atoms with Gasteiger partial charge in [0.2, 0.25) is 16.0 Å². The Morgan fingerprint density at radius 3 is 2.42 bits per heavy atom. The fourth-order valence-corrected chi connectivity index (χ4v) is 4.79. The third kappa shape index (κ3) is 4.58. The van der Waals surface area contributed by atoms with E-state index in [1.165, 1.54) is 33.3 Å². The number of hydrogen-bond acceptors (Lipinski definition) is 7. The van der Waals surface area contributed by atoms with E-state index in [1.54, 1.807) is 26.8 Å². The van der Waals surface area contributed by atoms with E-state index in [0.29, 0.717) is 49.1 Å². The molecule has 3 aromatic rings. The van der Waals surface area contributed by atoms with Gasteiger partial charge in [-0.05, 0) is 45.0 Å². The number of aromatic nitrogens is 4. The minimum atomic E-state index is -3.65. The normalized spacial score (nSPS) is 14.9. The molecule has 0 unspecified atom stereocenters. The largest absolute Gasteiger partial charge is 0.379 e. The number of carbonyl (C=O) groups excluding carboxylic acids is 1. The molecule has 1 aliphatic rings. The molecular formula is C21H24N6O5S. The van der Waals surface area contributed by atoms with Crippen molar-refractivity contribution in [2.45, 2.75) is 25.7 Å². The number of nitrogens with one attached hydrogen (secondary N) is 2. The van der Waals surface area contributed by atoms with Gasteiger partial charge >= 0.3 is 0 Å². The molecule has 11 nitrogen and oxygen atoms in total. The van der Waals surface area contributed by atoms with Crippen LogP contribution in [0.5, 0.6) is 0 Å². The second-order valence-corrected chi connectivity index (χ2v) is 9.62. The second kappa shape index (κ2) is 8.89. The molecule has 1 fully saturated rings. The lowest BCUT2D eigenvalue weighted by atomic mass is 10.2. The van der Waals surface area contributed by atoms with Crippen LogP contribution < -0.4 is 10.9 Å². The number of sulfonamides is 1. The van der Waals surface area contributed by atoms with Gasteiger partial charge in [-0.25, -0.2) is 13.4 Å². The summed E-state index contributed by atoms with van der Waals surface area (Å²) in [5.74, 6) is 0.0324. The van der Waals surface area contributed by atoms with E-state index in [4.69, 9.17) is 4.74 Å². The molecule has 0 spiro atoms. The molecule has 0 saturated carbocycles. The van der Waals surface area contributed by atoms with E-state index < -0.39 is 15.9 Å². The van der Waals surface area contributed by atoms with Crippen molar-refractivity contribution in [1.82, 2.24) is 24.1 Å². The third-order valence-electron chi connectivity index (χ3n) is 5.38. The van der Waals surface area contributed by atoms with Crippen LogP contribution in [0.15, 0.2) is 40.0 Å². The van der Waals surface area contributed by atoms with Gasteiger partial charge in [0.15, 0.2) is 0 Å². The summed E-state index contributed by atoms with van der Waals surface area (Å²) < 4.78 is 33.5. The lowest BCUT2D eigenvalue weighted by molar-refractivity contribution is 0.0730. The van der Waals surface area contributed by atoms with Crippen LogP contribution in [0.1, 0.15) is 27.3 Å². The first-order valence-corrected chi connectivity index (χ1v) is 11.7. The average molecular weight is 473 g/mol. The first kappa shape index (κ1) is 22.8. The SMILES string of the molecule is Cc1cc(NC(=O)c2ccc(S(=O)(=O)N3CCOCC3)cc2)n(-c2nc(C)c(C)c(=O)[nH]2)n1. The Morgan fingerprint density at radius 1 is 1.12 bits per heavy atom. The Labute approximate surface area is 190 Å². The van der Waals surface area contributed by atoms with Crippen molar-refractivity contribution in [1.29, 1.82) is 0 Å². The van der Waals surface area contributed by atoms with Gasteiger partial charge in [0, 0.05) is 36.0 Å². The van der Waals surface area contributed by atoms with Crippen LogP contribution in [0.4, 0.5) is 5.82 Å². The predicted molar refractivity (Wildman–Crippen MR) is 120 cm³/mol. The van der Waals surface area contributed by atoms with Crippen molar-refractivity contribution in [2.24, 2.45) is 0 Å². The maximum absolute atomic E-state index is 12.8. The number of ether oxygens (including phenoxy) is 1. The van der Waals surface area contributed by atoms with Gasteiger partial charge in [0.1, 0.15) is 5.82 Å². The van der Waals surface area contributed by atoms with Crippen molar-refractivity contribution >= 4 is 21.7 Å². The summed E-state index contributed by atoms with van der Waals surface area (Å²) in [5.41, 5.74) is 1.64. The van der Waals surface area contributed by atoms with Crippen LogP contribution in [0.3, 0.4) is 0 Å². The lowest BCUT2D eigenvalue weighted by Crippen LogP contribution is -2.40. The smallest absolute Gasteiger partial charge is 0.256 e. The number of anilines is 1. The second-order valence-electron chi connectivity index (χ2n) is 7.68. The highest BCUT2D eigenvalue weighted by Crippen LogP contribution is 2.19. The minimum absolute atomic E-state index is 0.110. The standard InChI is InChI=1S/C21H24N6O5S/c1-13-12-18(27(25-13)21-22-15(3)14(2)19(28)24-21)23-20(29)16-4-6-17(7-5-16)33(30,31)26-8-10-32-11-9-26/h4-7,12H,8-11H2,1-3H3,(H,23,29)(H,22,24,28). The summed E-state index contributed by atoms with van der Waals surface area (Å²) in [6.07, 6.45) is 0. The predicted octanol–water partition coefficient (Wildman–Crippen LogP) is 1.15. The fraction of sp³-hybridized carbons (Fsp3) is 0.333. The van der Waals surface area contributed by atoms with Crippen LogP contribution >= 0.6 is 0 Å². The zero-order valence-electron chi connectivity index (χ0n) is 18.5. The monoisotopic (exact) mass is 472 g/mol. The highest BCUT2D eigenvalue weighted by molar-refractivity contribution is 7.89. The topological polar surface area (TPSA) is 139 Å². The first-order valence-electron chi connectivity index (χ1n) is 10.3. The zero-order valence-corrected chi connectivity index (χ0v) is 19.3. The molecule has 0 radical (unpaired) electrons. The maximum atomic E-state index is 12.8. The van der Waals surface area contributed by atoms with E-state index in [-0.39, 0.29) is 22.0 Å². The van der Waals surface area contributed by atoms with Crippen LogP contribution in [0, 0.1) is 20.8 Å². The Balaban J connectivity index is 1.57. The summed E-state index contributed by atoms with van der Waals surface area (Å²) in [7, 11) is -3.65. The third-order valence-corrected chi connectivity index (χ3v) is 7.29. The Kier molecular flexibility index (Phi) is 6.15. The highest BCUT2D eigenvalue weighted by atomic mass is 32.2. The number of aromatic amines is 1. The van der Waals surface area contributed by atoms with Crippen LogP contribution in [0.25, 0.3) is 5.95 Å². The molecule has 1 aliphatic heterocycles. The average Bonchev–Trinajstić information content (AvgIpc) is 3.17. The summed E-state index contributed by atoms with van der Waals surface area (Å²) in [4.78, 5) is 32.1. The first-order chi connectivity index (χ1) is 15.7. The van der Waals surface area contributed by atoms with Gasteiger partial charge in [0.05, 0.1) is 23.8 Å². The molecular weight excluding hydrogens is 448 g/mol. The Morgan fingerprint density at radius 2 is 1.79 bits per heavy atom. The van der Waals surface area contributed by atoms with Gasteiger partial charge in [-0.1, -0.05) is 0 Å². The molecule has 33 heavy (non-hydrogen) atoms. The zero-order chi connectivity index (χ0) is 23.8. The highest BCUT2D eigenvalue weighted by Gasteiger charge is 2.26. The number of benzene rings is 1. The van der Waals surface area contributed by atoms with Crippen molar-refractivity contribution < 1.29 is 17.9 Å². The number of nitrogens with zero attached hydrogens (tertiary/aromatic N) is 4. The van der Waals surface area contributed by atoms with E-state index >= 15 is 0 Å². The summed E-state index contributed by atoms with van der Waals surface area (Å²) in [5, 5.41) is 7.06. The van der Waals surface area contributed by atoms with E-state index in [9.17, 15) is 18.0 Å². The van der Waals surface area contributed by atoms with E-state index in [0.717, 1.165) is 0 Å². The molecule has 1 saturated heterocycles. The lowest BCUT2D eigenvalue weighted by Gasteiger charge is -2.26. The quantitative estimate of drug-likeness (QED) is 0.568. The number of H-pyrrole nitrogens is 1. The molecule has 12 heteroatoms. The van der Waals surface area contributed by atoms with Crippen molar-refractivity contribution in [3.8, 4) is 5.95 Å². The molecule has 3 heterocycles. The van der Waals surface area contributed by atoms with E-state index in [2.05, 4.69) is 20.4 Å². The number of hydrogen-bond donors (Lipinski definition) is 2. The maximum Gasteiger partial charge on any atom is 0.256 e. The van der Waals surface area contributed by atoms with Crippen LogP contribution in [0.2, 0.25) is 0 Å². The van der Waals surface area contributed by atoms with Gasteiger partial charge in [-0.2, -0.15) is 14.1 Å². The summed E-state index contributed by atoms with van der Waals surface area (Å²) in [6.45, 7) is 6.43. The number of amides is 1. The van der Waals surface area contributed by atoms with Crippen molar-refractivity contribution in [3.63, 3.8) is 0 Å². The van der Waals surface area contributed by atoms with Gasteiger partial charge in [-0.3, -0.25) is 14.6 Å². The van der Waals surface area contributed by atoms with Crippen molar-refractivity contribution in [2.75, 3.05) is 31.6 Å². The Bertz CT molecular complexity index is 1350.